The van der Waals surface area contributed by atoms with Crippen molar-refractivity contribution in [3.05, 3.63) is 26.1 Å². The summed E-state index contributed by atoms with van der Waals surface area (Å²) in [5.74, 6) is 5.25. The van der Waals surface area contributed by atoms with Gasteiger partial charge in [0.2, 0.25) is 0 Å². The average molecular weight is 300 g/mol. The van der Waals surface area contributed by atoms with Crippen LogP contribution in [0.4, 0.5) is 5.69 Å². The Bertz CT molecular complexity index is 254. The van der Waals surface area contributed by atoms with Crippen LogP contribution in [0.15, 0.2) is 21.1 Å². The van der Waals surface area contributed by atoms with Crippen LogP contribution in [0.1, 0.15) is 0 Å². The Hall–Kier alpha value is 0.230. The highest BCUT2D eigenvalue weighted by Gasteiger charge is 2.03. The molecular weight excluding hydrogens is 295 g/mol. The van der Waals surface area contributed by atoms with E-state index in [1.165, 1.54) is 0 Å². The van der Waals surface area contributed by atoms with Crippen molar-refractivity contribution in [3.63, 3.8) is 0 Å². The standard InChI is InChI=1S/C6H5Br2ClN2/c7-4-1-3(9)2-5(8)6(4)11-10/h1-2,11H,10H2. The van der Waals surface area contributed by atoms with Gasteiger partial charge < -0.3 is 5.43 Å². The van der Waals surface area contributed by atoms with E-state index in [2.05, 4.69) is 37.3 Å². The minimum Gasteiger partial charge on any atom is -0.322 e. The van der Waals surface area contributed by atoms with E-state index in [1.807, 2.05) is 0 Å². The van der Waals surface area contributed by atoms with Gasteiger partial charge in [0.05, 0.1) is 5.69 Å². The predicted octanol–water partition coefficient (Wildman–Crippen LogP) is 3.15. The quantitative estimate of drug-likeness (QED) is 0.617. The van der Waals surface area contributed by atoms with Crippen LogP contribution in [0.2, 0.25) is 5.02 Å². The van der Waals surface area contributed by atoms with Crippen LogP contribution in [0.25, 0.3) is 0 Å². The van der Waals surface area contributed by atoms with Crippen molar-refractivity contribution in [1.82, 2.24) is 0 Å². The van der Waals surface area contributed by atoms with Gasteiger partial charge >= 0.3 is 0 Å². The van der Waals surface area contributed by atoms with Gasteiger partial charge in [0.15, 0.2) is 0 Å². The van der Waals surface area contributed by atoms with Gasteiger partial charge in [0.25, 0.3) is 0 Å². The Morgan fingerprint density at radius 1 is 1.27 bits per heavy atom. The molecule has 0 heterocycles. The molecule has 60 valence electrons. The number of benzene rings is 1. The van der Waals surface area contributed by atoms with E-state index in [0.29, 0.717) is 5.02 Å². The summed E-state index contributed by atoms with van der Waals surface area (Å²) in [6, 6.07) is 3.53. The van der Waals surface area contributed by atoms with E-state index < -0.39 is 0 Å². The molecule has 0 atom stereocenters. The van der Waals surface area contributed by atoms with Gasteiger partial charge in [-0.25, -0.2) is 0 Å². The van der Waals surface area contributed by atoms with E-state index in [4.69, 9.17) is 17.4 Å². The molecule has 0 aromatic heterocycles. The summed E-state index contributed by atoms with van der Waals surface area (Å²) >= 11 is 12.4. The van der Waals surface area contributed by atoms with Crippen molar-refractivity contribution in [1.29, 1.82) is 0 Å². The Balaban J connectivity index is 3.25. The van der Waals surface area contributed by atoms with Crippen LogP contribution in [0.5, 0.6) is 0 Å². The lowest BCUT2D eigenvalue weighted by molar-refractivity contribution is 1.33. The molecule has 0 unspecified atom stereocenters. The van der Waals surface area contributed by atoms with Crippen molar-refractivity contribution >= 4 is 49.1 Å². The molecule has 0 amide bonds. The third kappa shape index (κ3) is 2.08. The average Bonchev–Trinajstić information content (AvgIpc) is 1.85. The maximum absolute atomic E-state index is 5.75. The van der Waals surface area contributed by atoms with Crippen molar-refractivity contribution < 1.29 is 0 Å². The summed E-state index contributed by atoms with van der Waals surface area (Å²) in [7, 11) is 0. The molecule has 0 radical (unpaired) electrons. The Morgan fingerprint density at radius 2 is 1.73 bits per heavy atom. The fourth-order valence-electron chi connectivity index (χ4n) is 0.680. The van der Waals surface area contributed by atoms with Crippen LogP contribution >= 0.6 is 43.5 Å². The van der Waals surface area contributed by atoms with E-state index in [1.54, 1.807) is 12.1 Å². The molecule has 1 rings (SSSR count). The van der Waals surface area contributed by atoms with Crippen LogP contribution in [0.3, 0.4) is 0 Å². The van der Waals surface area contributed by atoms with E-state index in [0.717, 1.165) is 14.6 Å². The molecule has 3 N–H and O–H groups in total. The van der Waals surface area contributed by atoms with Gasteiger partial charge in [0, 0.05) is 14.0 Å². The normalized spacial score (nSPS) is 9.82. The topological polar surface area (TPSA) is 38.0 Å². The lowest BCUT2D eigenvalue weighted by atomic mass is 10.3. The van der Waals surface area contributed by atoms with E-state index in [-0.39, 0.29) is 0 Å². The first-order valence-electron chi connectivity index (χ1n) is 2.76. The minimum absolute atomic E-state index is 0.655. The van der Waals surface area contributed by atoms with Crippen LogP contribution in [0, 0.1) is 0 Å². The zero-order valence-electron chi connectivity index (χ0n) is 5.37. The Kier molecular flexibility index (Phi) is 3.18. The number of nitrogen functional groups attached to an aromatic ring is 1. The van der Waals surface area contributed by atoms with Crippen molar-refractivity contribution in [2.45, 2.75) is 0 Å². The molecule has 1 aromatic rings. The Labute approximate surface area is 86.3 Å². The highest BCUT2D eigenvalue weighted by atomic mass is 79.9. The highest BCUT2D eigenvalue weighted by molar-refractivity contribution is 9.11. The van der Waals surface area contributed by atoms with Gasteiger partial charge in [-0.3, -0.25) is 5.84 Å². The van der Waals surface area contributed by atoms with Crippen molar-refractivity contribution in [3.8, 4) is 0 Å². The predicted molar refractivity (Wildman–Crippen MR) is 54.7 cm³/mol. The minimum atomic E-state index is 0.655. The zero-order chi connectivity index (χ0) is 8.43. The molecule has 5 heteroatoms. The van der Waals surface area contributed by atoms with E-state index >= 15 is 0 Å². The summed E-state index contributed by atoms with van der Waals surface area (Å²) in [5, 5.41) is 0.655. The van der Waals surface area contributed by atoms with Gasteiger partial charge in [-0.1, -0.05) is 11.6 Å². The largest absolute Gasteiger partial charge is 0.322 e. The maximum atomic E-state index is 5.75. The van der Waals surface area contributed by atoms with Crippen LogP contribution < -0.4 is 11.3 Å². The number of halogens is 3. The molecule has 1 aromatic carbocycles. The lowest BCUT2D eigenvalue weighted by Gasteiger charge is -2.05. The first kappa shape index (κ1) is 9.32. The molecule has 0 bridgehead atoms. The summed E-state index contributed by atoms with van der Waals surface area (Å²) in [6.45, 7) is 0. The molecule has 0 aliphatic carbocycles. The van der Waals surface area contributed by atoms with Crippen LogP contribution in [-0.2, 0) is 0 Å². The second kappa shape index (κ2) is 3.76. The molecule has 2 nitrogen and oxygen atoms in total. The van der Waals surface area contributed by atoms with Gasteiger partial charge in [-0.05, 0) is 44.0 Å². The smallest absolute Gasteiger partial charge is 0.0772 e. The second-order valence-electron chi connectivity index (χ2n) is 1.89. The van der Waals surface area contributed by atoms with Crippen molar-refractivity contribution in [2.75, 3.05) is 5.43 Å². The number of nitrogens with two attached hydrogens (primary N) is 1. The first-order chi connectivity index (χ1) is 5.15. The molecular formula is C6H5Br2ClN2. The molecule has 0 aliphatic rings. The molecule has 0 spiro atoms. The molecule has 0 saturated heterocycles. The summed E-state index contributed by atoms with van der Waals surface area (Å²) in [5.41, 5.74) is 3.32. The first-order valence-corrected chi connectivity index (χ1v) is 4.72. The fraction of sp³-hybridized carbons (Fsp3) is 0. The third-order valence-electron chi connectivity index (χ3n) is 1.15. The van der Waals surface area contributed by atoms with Gasteiger partial charge in [-0.2, -0.15) is 0 Å². The fourth-order valence-corrected chi connectivity index (χ4v) is 2.58. The number of nitrogens with one attached hydrogen (secondary N) is 1. The molecule has 0 saturated carbocycles. The van der Waals surface area contributed by atoms with Gasteiger partial charge in [0.1, 0.15) is 0 Å². The Morgan fingerprint density at radius 3 is 2.09 bits per heavy atom. The maximum Gasteiger partial charge on any atom is 0.0772 e. The van der Waals surface area contributed by atoms with E-state index in [9.17, 15) is 0 Å². The monoisotopic (exact) mass is 298 g/mol. The highest BCUT2D eigenvalue weighted by Crippen LogP contribution is 2.33. The second-order valence-corrected chi connectivity index (χ2v) is 4.03. The molecule has 0 fully saturated rings. The lowest BCUT2D eigenvalue weighted by Crippen LogP contribution is -2.07. The zero-order valence-corrected chi connectivity index (χ0v) is 9.29. The summed E-state index contributed by atoms with van der Waals surface area (Å²) in [4.78, 5) is 0. The summed E-state index contributed by atoms with van der Waals surface area (Å²) in [6.07, 6.45) is 0. The number of hydrazine groups is 1. The van der Waals surface area contributed by atoms with Crippen molar-refractivity contribution in [2.24, 2.45) is 5.84 Å². The SMILES string of the molecule is NNc1c(Br)cc(Cl)cc1Br. The molecule has 0 aliphatic heterocycles. The molecule has 11 heavy (non-hydrogen) atoms. The number of hydrogen-bond donors (Lipinski definition) is 2. The number of hydrogen-bond acceptors (Lipinski definition) is 2. The number of anilines is 1. The van der Waals surface area contributed by atoms with Gasteiger partial charge in [-0.15, -0.1) is 0 Å². The summed E-state index contributed by atoms with van der Waals surface area (Å²) < 4.78 is 1.67. The third-order valence-corrected chi connectivity index (χ3v) is 2.62. The van der Waals surface area contributed by atoms with Crippen LogP contribution in [-0.4, -0.2) is 0 Å². The number of rotatable bonds is 1.